The summed E-state index contributed by atoms with van der Waals surface area (Å²) in [5.74, 6) is 0.643. The molecule has 1 aliphatic heterocycles. The number of benzene rings is 1. The van der Waals surface area contributed by atoms with Gasteiger partial charge in [0.05, 0.1) is 5.69 Å². The van der Waals surface area contributed by atoms with Gasteiger partial charge >= 0.3 is 6.09 Å². The first-order valence-corrected chi connectivity index (χ1v) is 6.80. The van der Waals surface area contributed by atoms with E-state index < -0.39 is 6.09 Å². The molecule has 21 heavy (non-hydrogen) atoms. The first-order chi connectivity index (χ1) is 9.97. The van der Waals surface area contributed by atoms with Crippen molar-refractivity contribution in [2.24, 2.45) is 0 Å². The van der Waals surface area contributed by atoms with Crippen molar-refractivity contribution in [2.45, 2.75) is 19.3 Å². The van der Waals surface area contributed by atoms with Crippen molar-refractivity contribution in [3.8, 4) is 0 Å². The molecule has 0 saturated carbocycles. The number of carbonyl (C=O) groups is 1. The predicted octanol–water partition coefficient (Wildman–Crippen LogP) is 3.60. The van der Waals surface area contributed by atoms with Crippen molar-refractivity contribution in [2.75, 3.05) is 16.8 Å². The van der Waals surface area contributed by atoms with Crippen molar-refractivity contribution in [1.82, 2.24) is 4.98 Å². The zero-order chi connectivity index (χ0) is 15.0. The van der Waals surface area contributed by atoms with Crippen LogP contribution in [0, 0.1) is 0 Å². The van der Waals surface area contributed by atoms with Gasteiger partial charge in [0.1, 0.15) is 5.82 Å². The average Bonchev–Trinajstić information content (AvgIpc) is 2.72. The number of hydrogen-bond acceptors (Lipinski definition) is 3. The number of hydrogen-bond donors (Lipinski definition) is 2. The number of nitrogens with zero attached hydrogens (tertiary/aromatic N) is 2. The molecule has 0 fully saturated rings. The Bertz CT molecular complexity index is 683. The molecule has 0 radical (unpaired) electrons. The van der Waals surface area contributed by atoms with Crippen LogP contribution in [0.3, 0.4) is 0 Å². The molecule has 0 atom stereocenters. The van der Waals surface area contributed by atoms with E-state index in [-0.39, 0.29) is 5.41 Å². The van der Waals surface area contributed by atoms with E-state index in [0.717, 1.165) is 11.3 Å². The summed E-state index contributed by atoms with van der Waals surface area (Å²) in [6.07, 6.45) is 0.836. The summed E-state index contributed by atoms with van der Waals surface area (Å²) in [5.41, 5.74) is 2.37. The second-order valence-electron chi connectivity index (χ2n) is 5.83. The molecule has 3 rings (SSSR count). The normalized spacial score (nSPS) is 15.6. The minimum Gasteiger partial charge on any atom is -0.465 e. The van der Waals surface area contributed by atoms with Crippen LogP contribution >= 0.6 is 0 Å². The van der Waals surface area contributed by atoms with E-state index in [2.05, 4.69) is 10.3 Å². The quantitative estimate of drug-likeness (QED) is 0.883. The zero-order valence-electron chi connectivity index (χ0n) is 12.0. The fourth-order valence-corrected chi connectivity index (χ4v) is 2.66. The molecule has 1 aromatic heterocycles. The minimum absolute atomic E-state index is 0.216. The van der Waals surface area contributed by atoms with E-state index >= 15 is 0 Å². The van der Waals surface area contributed by atoms with Crippen molar-refractivity contribution < 1.29 is 9.90 Å². The molecule has 0 saturated heterocycles. The Hall–Kier alpha value is -2.56. The largest absolute Gasteiger partial charge is 0.465 e. The van der Waals surface area contributed by atoms with Gasteiger partial charge in [-0.1, -0.05) is 32.0 Å². The Morgan fingerprint density at radius 3 is 2.71 bits per heavy atom. The Morgan fingerprint density at radius 2 is 2.05 bits per heavy atom. The van der Waals surface area contributed by atoms with Gasteiger partial charge < -0.3 is 10.4 Å². The topological polar surface area (TPSA) is 65.5 Å². The number of fused-ring (bicyclic) bond motifs is 1. The maximum Gasteiger partial charge on any atom is 0.411 e. The number of aromatic nitrogens is 1. The highest BCUT2D eigenvalue weighted by Gasteiger charge is 2.38. The summed E-state index contributed by atoms with van der Waals surface area (Å²) in [6, 6.07) is 11.5. The average molecular weight is 283 g/mol. The van der Waals surface area contributed by atoms with Crippen LogP contribution < -0.4 is 10.2 Å². The van der Waals surface area contributed by atoms with Gasteiger partial charge in [-0.3, -0.25) is 4.90 Å². The highest BCUT2D eigenvalue weighted by Crippen LogP contribution is 2.41. The molecule has 0 unspecified atom stereocenters. The highest BCUT2D eigenvalue weighted by atomic mass is 16.4. The van der Waals surface area contributed by atoms with Crippen LogP contribution in [0.25, 0.3) is 0 Å². The van der Waals surface area contributed by atoms with Gasteiger partial charge in [0.25, 0.3) is 0 Å². The molecular formula is C16H17N3O2. The van der Waals surface area contributed by atoms with Crippen molar-refractivity contribution >= 4 is 23.3 Å². The van der Waals surface area contributed by atoms with Crippen LogP contribution in [0.4, 0.5) is 22.0 Å². The van der Waals surface area contributed by atoms with Crippen LogP contribution in [0.5, 0.6) is 0 Å². The minimum atomic E-state index is -0.932. The maximum atomic E-state index is 11.4. The molecule has 5 heteroatoms. The molecule has 0 spiro atoms. The van der Waals surface area contributed by atoms with Crippen LogP contribution in [0.2, 0.25) is 0 Å². The summed E-state index contributed by atoms with van der Waals surface area (Å²) >= 11 is 0. The second-order valence-corrected chi connectivity index (χ2v) is 5.83. The molecule has 0 bridgehead atoms. The molecule has 1 amide bonds. The summed E-state index contributed by atoms with van der Waals surface area (Å²) in [6.45, 7) is 4.51. The molecule has 1 aliphatic rings. The Morgan fingerprint density at radius 1 is 1.33 bits per heavy atom. The number of amides is 1. The van der Waals surface area contributed by atoms with Gasteiger partial charge in [0.2, 0.25) is 0 Å². The first kappa shape index (κ1) is 13.4. The Labute approximate surface area is 123 Å². The number of anilines is 3. The third-order valence-electron chi connectivity index (χ3n) is 3.73. The summed E-state index contributed by atoms with van der Waals surface area (Å²) in [4.78, 5) is 17.2. The number of carboxylic acid groups (broad SMARTS) is 1. The van der Waals surface area contributed by atoms with Crippen LogP contribution in [0.15, 0.2) is 42.6 Å². The van der Waals surface area contributed by atoms with Gasteiger partial charge in [0, 0.05) is 35.5 Å². The first-order valence-electron chi connectivity index (χ1n) is 6.80. The highest BCUT2D eigenvalue weighted by molar-refractivity contribution is 5.90. The Balaban J connectivity index is 1.97. The van der Waals surface area contributed by atoms with E-state index in [1.165, 1.54) is 4.90 Å². The summed E-state index contributed by atoms with van der Waals surface area (Å²) in [5, 5.41) is 12.5. The fourth-order valence-electron chi connectivity index (χ4n) is 2.66. The van der Waals surface area contributed by atoms with E-state index in [0.29, 0.717) is 18.1 Å². The lowest BCUT2D eigenvalue weighted by atomic mass is 9.88. The van der Waals surface area contributed by atoms with E-state index in [1.54, 1.807) is 12.3 Å². The van der Waals surface area contributed by atoms with E-state index in [1.807, 2.05) is 44.2 Å². The van der Waals surface area contributed by atoms with E-state index in [9.17, 15) is 9.90 Å². The summed E-state index contributed by atoms with van der Waals surface area (Å²) in [7, 11) is 0. The molecule has 2 heterocycles. The zero-order valence-corrected chi connectivity index (χ0v) is 12.0. The van der Waals surface area contributed by atoms with Crippen LogP contribution in [0.1, 0.15) is 19.4 Å². The molecular weight excluding hydrogens is 266 g/mol. The van der Waals surface area contributed by atoms with Gasteiger partial charge in [-0.2, -0.15) is 0 Å². The number of nitrogens with one attached hydrogen (secondary N) is 1. The molecule has 2 aromatic rings. The van der Waals surface area contributed by atoms with Crippen LogP contribution in [-0.2, 0) is 5.41 Å². The van der Waals surface area contributed by atoms with Crippen molar-refractivity contribution in [1.29, 1.82) is 0 Å². The molecule has 2 N–H and O–H groups in total. The third kappa shape index (κ3) is 2.42. The van der Waals surface area contributed by atoms with Gasteiger partial charge in [0.15, 0.2) is 0 Å². The van der Waals surface area contributed by atoms with Crippen molar-refractivity contribution in [3.05, 3.63) is 48.2 Å². The lowest BCUT2D eigenvalue weighted by Crippen LogP contribution is -2.32. The number of pyridine rings is 1. The van der Waals surface area contributed by atoms with Gasteiger partial charge in [-0.25, -0.2) is 9.78 Å². The van der Waals surface area contributed by atoms with Gasteiger partial charge in [-0.05, 0) is 12.1 Å². The molecule has 5 nitrogen and oxygen atoms in total. The van der Waals surface area contributed by atoms with Crippen molar-refractivity contribution in [3.63, 3.8) is 0 Å². The standard InChI is InChI=1S/C16H17N3O2/c1-16(2)10-19(15(20)21)13-8-14(17-9-12(13)16)18-11-6-4-3-5-7-11/h3-9H,10H2,1-2H3,(H,17,18)(H,20,21). The Kier molecular flexibility index (Phi) is 3.05. The third-order valence-corrected chi connectivity index (χ3v) is 3.73. The lowest BCUT2D eigenvalue weighted by Gasteiger charge is -2.18. The predicted molar refractivity (Wildman–Crippen MR) is 82.4 cm³/mol. The lowest BCUT2D eigenvalue weighted by molar-refractivity contribution is 0.201. The maximum absolute atomic E-state index is 11.4. The number of para-hydroxylation sites is 1. The molecule has 108 valence electrons. The second kappa shape index (κ2) is 4.77. The number of rotatable bonds is 2. The monoisotopic (exact) mass is 283 g/mol. The fraction of sp³-hybridized carbons (Fsp3) is 0.250. The van der Waals surface area contributed by atoms with Gasteiger partial charge in [-0.15, -0.1) is 0 Å². The molecule has 1 aromatic carbocycles. The van der Waals surface area contributed by atoms with E-state index in [4.69, 9.17) is 0 Å². The SMILES string of the molecule is CC1(C)CN(C(=O)O)c2cc(Nc3ccccc3)ncc21. The molecule has 0 aliphatic carbocycles. The summed E-state index contributed by atoms with van der Waals surface area (Å²) < 4.78 is 0. The smallest absolute Gasteiger partial charge is 0.411 e. The van der Waals surface area contributed by atoms with Crippen LogP contribution in [-0.4, -0.2) is 22.7 Å².